The topological polar surface area (TPSA) is 183 Å². The van der Waals surface area contributed by atoms with Gasteiger partial charge in [-0.2, -0.15) is 0 Å². The van der Waals surface area contributed by atoms with E-state index >= 15 is 0 Å². The Labute approximate surface area is 592 Å². The fourth-order valence-corrected chi connectivity index (χ4v) is 10.8. The second-order valence-electron chi connectivity index (χ2n) is 24.9. The molecule has 0 unspecified atom stereocenters. The first kappa shape index (κ1) is 87.4. The molecule has 0 aliphatic rings. The second-order valence-corrected chi connectivity index (χ2v) is 24.9. The molecule has 0 aromatic heterocycles. The van der Waals surface area contributed by atoms with Crippen molar-refractivity contribution in [1.82, 2.24) is 0 Å². The first-order valence-corrected chi connectivity index (χ1v) is 37.9. The molecule has 0 bridgehead atoms. The van der Waals surface area contributed by atoms with Crippen LogP contribution in [0.15, 0.2) is 42.5 Å². The van der Waals surface area contributed by atoms with Crippen LogP contribution in [0.5, 0.6) is 46.0 Å². The average Bonchev–Trinajstić information content (AvgIpc) is 0.854. The summed E-state index contributed by atoms with van der Waals surface area (Å²) in [5, 5.41) is 0. The van der Waals surface area contributed by atoms with Gasteiger partial charge in [-0.05, 0) is 66.8 Å². The minimum Gasteiger partial charge on any atom is -0.490 e. The highest BCUT2D eigenvalue weighted by atomic mass is 16.6. The van der Waals surface area contributed by atoms with Gasteiger partial charge in [0, 0.05) is 27.4 Å². The van der Waals surface area contributed by atoms with Crippen LogP contribution in [-0.4, -0.2) is 173 Å². The normalized spacial score (nSPS) is 11.3. The summed E-state index contributed by atoms with van der Waals surface area (Å²) in [5.74, 6) is 3.36. The maximum absolute atomic E-state index is 13.4. The van der Waals surface area contributed by atoms with Gasteiger partial charge in [0.1, 0.15) is 44.5 Å². The molecule has 564 valence electrons. The summed E-state index contributed by atoms with van der Waals surface area (Å²) in [6.45, 7) is 15.4. The van der Waals surface area contributed by atoms with Gasteiger partial charge in [-0.1, -0.05) is 194 Å². The summed E-state index contributed by atoms with van der Waals surface area (Å²) in [6, 6.07) is 12.8. The van der Waals surface area contributed by atoms with Gasteiger partial charge in [0.25, 0.3) is 0 Å². The van der Waals surface area contributed by atoms with Gasteiger partial charge in [-0.3, -0.25) is 0 Å². The van der Waals surface area contributed by atoms with Gasteiger partial charge in [-0.15, -0.1) is 0 Å². The lowest BCUT2D eigenvalue weighted by Crippen LogP contribution is -2.16. The van der Waals surface area contributed by atoms with Crippen molar-refractivity contribution >= 4 is 5.97 Å². The molecule has 0 amide bonds. The van der Waals surface area contributed by atoms with Crippen molar-refractivity contribution in [2.24, 2.45) is 0 Å². The smallest absolute Gasteiger partial charge is 0.338 e. The Morgan fingerprint density at radius 1 is 0.255 bits per heavy atom. The fourth-order valence-electron chi connectivity index (χ4n) is 10.8. The van der Waals surface area contributed by atoms with Crippen molar-refractivity contribution in [2.75, 3.05) is 167 Å². The predicted octanol–water partition coefficient (Wildman–Crippen LogP) is 17.7. The Bertz CT molecular complexity index is 2210. The third kappa shape index (κ3) is 45.8. The molecule has 0 saturated heterocycles. The van der Waals surface area contributed by atoms with E-state index in [-0.39, 0.29) is 58.4 Å². The minimum absolute atomic E-state index is 0.0357. The molecule has 0 spiro atoms. The molecular formula is C79H134O19. The van der Waals surface area contributed by atoms with E-state index < -0.39 is 5.97 Å². The van der Waals surface area contributed by atoms with Crippen molar-refractivity contribution in [3.05, 3.63) is 59.2 Å². The highest BCUT2D eigenvalue weighted by Crippen LogP contribution is 2.42. The highest BCUT2D eigenvalue weighted by molar-refractivity contribution is 5.90. The second kappa shape index (κ2) is 64.3. The number of carbonyl (C=O) groups is 1. The van der Waals surface area contributed by atoms with Crippen molar-refractivity contribution in [1.29, 1.82) is 0 Å². The summed E-state index contributed by atoms with van der Waals surface area (Å²) in [7, 11) is 6.26. The van der Waals surface area contributed by atoms with E-state index in [2.05, 4.69) is 20.8 Å². The van der Waals surface area contributed by atoms with Crippen LogP contribution in [0.25, 0.3) is 0 Å². The molecule has 0 radical (unpaired) electrons. The highest BCUT2D eigenvalue weighted by Gasteiger charge is 2.20. The largest absolute Gasteiger partial charge is 0.490 e. The Morgan fingerprint density at radius 2 is 0.500 bits per heavy atom. The Kier molecular flexibility index (Phi) is 57.3. The minimum atomic E-state index is -0.544. The summed E-state index contributed by atoms with van der Waals surface area (Å²) < 4.78 is 107. The van der Waals surface area contributed by atoms with Crippen LogP contribution in [0, 0.1) is 0 Å². The first-order valence-electron chi connectivity index (χ1n) is 37.9. The fraction of sp³-hybridized carbons (Fsp3) is 0.759. The Morgan fingerprint density at radius 3 is 0.796 bits per heavy atom. The van der Waals surface area contributed by atoms with Gasteiger partial charge in [-0.25, -0.2) is 4.79 Å². The molecule has 0 atom stereocenters. The molecule has 0 fully saturated rings. The van der Waals surface area contributed by atoms with E-state index in [1.54, 1.807) is 39.5 Å². The van der Waals surface area contributed by atoms with Crippen LogP contribution in [-0.2, 0) is 60.6 Å². The van der Waals surface area contributed by atoms with Crippen LogP contribution in [0.2, 0.25) is 0 Å². The molecular weight excluding hydrogens is 1250 g/mol. The number of methoxy groups -OCH3 is 4. The van der Waals surface area contributed by atoms with Gasteiger partial charge >= 0.3 is 5.97 Å². The molecule has 19 nitrogen and oxygen atoms in total. The molecule has 3 rings (SSSR count). The predicted molar refractivity (Wildman–Crippen MR) is 388 cm³/mol. The molecule has 19 heteroatoms. The lowest BCUT2D eigenvalue weighted by molar-refractivity contribution is 0.0146. The number of benzene rings is 3. The van der Waals surface area contributed by atoms with E-state index in [1.165, 1.54) is 161 Å². The zero-order chi connectivity index (χ0) is 70.1. The van der Waals surface area contributed by atoms with Crippen LogP contribution >= 0.6 is 0 Å². The van der Waals surface area contributed by atoms with Crippen molar-refractivity contribution in [2.45, 2.75) is 227 Å². The number of ether oxygens (including phenoxy) is 18. The number of unbranched alkanes of at least 4 members (excludes halogenated alkanes) is 27. The molecule has 0 heterocycles. The van der Waals surface area contributed by atoms with E-state index in [4.69, 9.17) is 85.3 Å². The van der Waals surface area contributed by atoms with Gasteiger partial charge < -0.3 is 85.3 Å². The zero-order valence-corrected chi connectivity index (χ0v) is 62.3. The molecule has 0 saturated carbocycles. The van der Waals surface area contributed by atoms with Crippen molar-refractivity contribution in [3.8, 4) is 46.0 Å². The van der Waals surface area contributed by atoms with Crippen LogP contribution in [0.1, 0.15) is 235 Å². The van der Waals surface area contributed by atoms with Crippen molar-refractivity contribution < 1.29 is 90.1 Å². The maximum atomic E-state index is 13.4. The van der Waals surface area contributed by atoms with E-state index in [0.717, 1.165) is 44.1 Å². The maximum Gasteiger partial charge on any atom is 0.338 e. The number of carbonyl (C=O) groups excluding carboxylic acids is 1. The van der Waals surface area contributed by atoms with Crippen LogP contribution in [0.4, 0.5) is 0 Å². The van der Waals surface area contributed by atoms with Gasteiger partial charge in [0.05, 0.1) is 132 Å². The number of hydrogen-bond donors (Lipinski definition) is 0. The van der Waals surface area contributed by atoms with Crippen molar-refractivity contribution in [3.63, 3.8) is 0 Å². The molecule has 3 aromatic carbocycles. The Hall–Kier alpha value is -4.83. The monoisotopic (exact) mass is 1390 g/mol. The quantitative estimate of drug-likeness (QED) is 0.0384. The van der Waals surface area contributed by atoms with Gasteiger partial charge in [0.15, 0.2) is 23.0 Å². The lowest BCUT2D eigenvalue weighted by atomic mass is 10.1. The summed E-state index contributed by atoms with van der Waals surface area (Å²) in [4.78, 5) is 13.4. The number of esters is 1. The zero-order valence-electron chi connectivity index (χ0n) is 62.3. The third-order valence-electron chi connectivity index (χ3n) is 16.4. The average molecular weight is 1390 g/mol. The summed E-state index contributed by atoms with van der Waals surface area (Å²) in [6.07, 6.45) is 37.2. The van der Waals surface area contributed by atoms with E-state index in [1.807, 2.05) is 24.3 Å². The molecule has 0 aliphatic carbocycles. The van der Waals surface area contributed by atoms with E-state index in [0.29, 0.717) is 151 Å². The number of hydrogen-bond acceptors (Lipinski definition) is 19. The molecule has 3 aromatic rings. The third-order valence-corrected chi connectivity index (χ3v) is 16.4. The summed E-state index contributed by atoms with van der Waals surface area (Å²) in [5.41, 5.74) is 1.77. The summed E-state index contributed by atoms with van der Waals surface area (Å²) >= 11 is 0. The molecule has 0 aliphatic heterocycles. The van der Waals surface area contributed by atoms with Crippen LogP contribution < -0.4 is 37.9 Å². The molecule has 98 heavy (non-hydrogen) atoms. The SMILES string of the molecule is CCCCCCCCCCCCOc1cc(COc2cc(OCc3cc(OCCOCCOCCOC)c(OCCOCCOCCOC)c(OCCOCCOCCOC)c3)cc(C(=O)OC)c2)cc(OCCCCCCCCCCCC)c1OCCCCCCCCCCCC. The molecule has 0 N–H and O–H groups in total. The first-order chi connectivity index (χ1) is 48.4. The number of rotatable bonds is 73. The van der Waals surface area contributed by atoms with Gasteiger partial charge in [0.2, 0.25) is 11.5 Å². The standard InChI is InChI=1S/C79H134O19/c1-8-11-14-17-20-23-26-29-32-35-38-91-73-59-68(60-74(92-39-36-33-30-27-24-21-18-15-12-9-2)77(73)95-40-37-34-31-28-25-22-19-16-13-10-3)66-97-71-63-70(79(80)84-7)64-72(65-71)98-67-69-61-75(93-56-53-88-50-47-85-44-41-81-4)78(96-58-55-90-52-49-87-46-43-83-6)76(62-69)94-57-54-89-51-48-86-45-42-82-5/h59-65H,8-58,66-67H2,1-7H3. The van der Waals surface area contributed by atoms with E-state index in [9.17, 15) is 4.79 Å². The van der Waals surface area contributed by atoms with Crippen LogP contribution in [0.3, 0.4) is 0 Å². The lowest BCUT2D eigenvalue weighted by Gasteiger charge is -2.20. The Balaban J connectivity index is 1.95.